The van der Waals surface area contributed by atoms with Gasteiger partial charge >= 0.3 is 0 Å². The van der Waals surface area contributed by atoms with Crippen molar-refractivity contribution in [2.24, 2.45) is 11.1 Å². The van der Waals surface area contributed by atoms with Crippen molar-refractivity contribution in [2.75, 3.05) is 25.1 Å². The number of anilines is 1. The second-order valence-electron chi connectivity index (χ2n) is 7.85. The van der Waals surface area contributed by atoms with Gasteiger partial charge in [-0.1, -0.05) is 11.8 Å². The summed E-state index contributed by atoms with van der Waals surface area (Å²) in [6.45, 7) is 2.65. The van der Waals surface area contributed by atoms with E-state index in [1.807, 2.05) is 16.9 Å². The fraction of sp³-hybridized carbons (Fsp3) is 0.381. The molecule has 1 saturated heterocycles. The molecule has 0 radical (unpaired) electrons. The highest BCUT2D eigenvalue weighted by atomic mass is 32.2. The second-order valence-corrected chi connectivity index (χ2v) is 8.91. The minimum atomic E-state index is -0.334. The number of halogens is 1. The Labute approximate surface area is 178 Å². The summed E-state index contributed by atoms with van der Waals surface area (Å²) < 4.78 is 21.3. The number of ether oxygens (including phenoxy) is 1. The molecule has 5 rings (SSSR count). The van der Waals surface area contributed by atoms with E-state index in [2.05, 4.69) is 20.0 Å². The number of hydrogen-bond donors (Lipinski definition) is 1. The van der Waals surface area contributed by atoms with Crippen molar-refractivity contribution in [1.82, 2.24) is 19.7 Å². The third kappa shape index (κ3) is 3.31. The quantitative estimate of drug-likeness (QED) is 0.686. The first kappa shape index (κ1) is 19.3. The van der Waals surface area contributed by atoms with E-state index in [9.17, 15) is 4.39 Å². The van der Waals surface area contributed by atoms with Crippen LogP contribution >= 0.6 is 11.8 Å². The smallest absolute Gasteiger partial charge is 0.147 e. The maximum Gasteiger partial charge on any atom is 0.147 e. The van der Waals surface area contributed by atoms with Crippen molar-refractivity contribution in [1.29, 1.82) is 0 Å². The fourth-order valence-corrected chi connectivity index (χ4v) is 5.16. The zero-order chi connectivity index (χ0) is 20.7. The van der Waals surface area contributed by atoms with Gasteiger partial charge < -0.3 is 15.4 Å². The lowest BCUT2D eigenvalue weighted by Crippen LogP contribution is -2.45. The molecule has 0 unspecified atom stereocenters. The first-order valence-electron chi connectivity index (χ1n) is 9.94. The highest BCUT2D eigenvalue weighted by molar-refractivity contribution is 7.99. The van der Waals surface area contributed by atoms with Crippen LogP contribution in [0.2, 0.25) is 0 Å². The van der Waals surface area contributed by atoms with Crippen LogP contribution in [-0.4, -0.2) is 39.9 Å². The summed E-state index contributed by atoms with van der Waals surface area (Å²) in [6, 6.07) is 6.85. The SMILES string of the molecule is COc1ccc(Sc2cnc(N3CCC4(CC3)Cn3nccc3[C@H]4N)cn2)c(F)c1. The zero-order valence-corrected chi connectivity index (χ0v) is 17.5. The number of piperidine rings is 1. The first-order chi connectivity index (χ1) is 14.6. The molecule has 2 N–H and O–H groups in total. The molecule has 0 bridgehead atoms. The van der Waals surface area contributed by atoms with Crippen LogP contribution in [0.4, 0.5) is 10.2 Å². The fourth-order valence-electron chi connectivity index (χ4n) is 4.43. The van der Waals surface area contributed by atoms with Crippen LogP contribution in [0.25, 0.3) is 0 Å². The van der Waals surface area contributed by atoms with Gasteiger partial charge in [0.05, 0.1) is 31.2 Å². The van der Waals surface area contributed by atoms with Gasteiger partial charge in [-0.2, -0.15) is 5.10 Å². The van der Waals surface area contributed by atoms with Gasteiger partial charge in [-0.3, -0.25) is 4.68 Å². The van der Waals surface area contributed by atoms with E-state index in [1.54, 1.807) is 24.5 Å². The normalized spacial score (nSPS) is 19.8. The van der Waals surface area contributed by atoms with Crippen molar-refractivity contribution < 1.29 is 9.13 Å². The lowest BCUT2D eigenvalue weighted by atomic mass is 9.73. The molecule has 0 saturated carbocycles. The van der Waals surface area contributed by atoms with Crippen molar-refractivity contribution in [3.05, 3.63) is 54.4 Å². The molecule has 2 aromatic heterocycles. The van der Waals surface area contributed by atoms with E-state index < -0.39 is 0 Å². The van der Waals surface area contributed by atoms with E-state index in [0.717, 1.165) is 44.0 Å². The summed E-state index contributed by atoms with van der Waals surface area (Å²) in [5.74, 6) is 1.000. The lowest BCUT2D eigenvalue weighted by Gasteiger charge is -2.41. The molecule has 7 nitrogen and oxygen atoms in total. The second kappa shape index (κ2) is 7.55. The molecule has 0 aliphatic carbocycles. The average Bonchev–Trinajstić information content (AvgIpc) is 3.32. The van der Waals surface area contributed by atoms with Gasteiger partial charge in [0.1, 0.15) is 22.4 Å². The highest BCUT2D eigenvalue weighted by Gasteiger charge is 2.46. The Balaban J connectivity index is 1.23. The Hall–Kier alpha value is -2.65. The number of methoxy groups -OCH3 is 1. The minimum Gasteiger partial charge on any atom is -0.497 e. The van der Waals surface area contributed by atoms with Crippen LogP contribution in [0.1, 0.15) is 24.6 Å². The van der Waals surface area contributed by atoms with Gasteiger partial charge in [-0.15, -0.1) is 0 Å². The molecule has 3 aromatic rings. The number of fused-ring (bicyclic) bond motifs is 1. The number of benzene rings is 1. The largest absolute Gasteiger partial charge is 0.497 e. The van der Waals surface area contributed by atoms with Crippen molar-refractivity contribution in [3.63, 3.8) is 0 Å². The van der Waals surface area contributed by atoms with Crippen LogP contribution in [0.15, 0.2) is 52.8 Å². The van der Waals surface area contributed by atoms with Crippen LogP contribution in [0, 0.1) is 11.2 Å². The Morgan fingerprint density at radius 1 is 1.20 bits per heavy atom. The van der Waals surface area contributed by atoms with Gasteiger partial charge in [0.2, 0.25) is 0 Å². The molecule has 2 aliphatic rings. The molecule has 1 fully saturated rings. The highest BCUT2D eigenvalue weighted by Crippen LogP contribution is 2.47. The number of hydrogen-bond acceptors (Lipinski definition) is 7. The van der Waals surface area contributed by atoms with E-state index in [-0.39, 0.29) is 17.3 Å². The molecule has 1 atom stereocenters. The van der Waals surface area contributed by atoms with Crippen molar-refractivity contribution in [2.45, 2.75) is 35.3 Å². The van der Waals surface area contributed by atoms with Gasteiger partial charge in [-0.25, -0.2) is 14.4 Å². The molecule has 1 aromatic carbocycles. The molecule has 156 valence electrons. The predicted molar refractivity (Wildman–Crippen MR) is 112 cm³/mol. The number of nitrogens with zero attached hydrogens (tertiary/aromatic N) is 5. The van der Waals surface area contributed by atoms with E-state index in [4.69, 9.17) is 10.5 Å². The van der Waals surface area contributed by atoms with Crippen LogP contribution in [0.3, 0.4) is 0 Å². The van der Waals surface area contributed by atoms with E-state index in [1.165, 1.54) is 24.9 Å². The number of aromatic nitrogens is 4. The maximum absolute atomic E-state index is 14.2. The molecule has 9 heteroatoms. The van der Waals surface area contributed by atoms with Crippen molar-refractivity contribution >= 4 is 17.6 Å². The standard InChI is InChI=1S/C21H23FN6OS/c1-29-14-2-3-17(15(22)10-14)30-19-12-24-18(11-25-19)27-8-5-21(6-9-27)13-28-16(20(21)23)4-7-26-28/h2-4,7,10-12,20H,5-6,8-9,13,23H2,1H3/t20-/m1/s1. The van der Waals surface area contributed by atoms with Crippen LogP contribution in [-0.2, 0) is 6.54 Å². The first-order valence-corrected chi connectivity index (χ1v) is 10.8. The Kier molecular flexibility index (Phi) is 4.86. The average molecular weight is 427 g/mol. The number of rotatable bonds is 4. The summed E-state index contributed by atoms with van der Waals surface area (Å²) in [5.41, 5.74) is 7.77. The van der Waals surface area contributed by atoms with Crippen LogP contribution < -0.4 is 15.4 Å². The van der Waals surface area contributed by atoms with Crippen molar-refractivity contribution in [3.8, 4) is 5.75 Å². The topological polar surface area (TPSA) is 82.1 Å². The van der Waals surface area contributed by atoms with Gasteiger partial charge in [0.25, 0.3) is 0 Å². The molecule has 2 aliphatic heterocycles. The van der Waals surface area contributed by atoms with Gasteiger partial charge in [0, 0.05) is 42.2 Å². The summed E-state index contributed by atoms with van der Waals surface area (Å²) in [6.07, 6.45) is 7.27. The van der Waals surface area contributed by atoms with E-state index >= 15 is 0 Å². The molecular formula is C21H23FN6OS. The summed E-state index contributed by atoms with van der Waals surface area (Å²) >= 11 is 1.25. The van der Waals surface area contributed by atoms with Crippen LogP contribution in [0.5, 0.6) is 5.75 Å². The Bertz CT molecular complexity index is 1050. The molecular weight excluding hydrogens is 403 g/mol. The van der Waals surface area contributed by atoms with E-state index in [0.29, 0.717) is 15.7 Å². The summed E-state index contributed by atoms with van der Waals surface area (Å²) in [7, 11) is 1.52. The number of nitrogens with two attached hydrogens (primary N) is 1. The van der Waals surface area contributed by atoms with Gasteiger partial charge in [0.15, 0.2) is 0 Å². The zero-order valence-electron chi connectivity index (χ0n) is 16.7. The minimum absolute atomic E-state index is 0.0337. The lowest BCUT2D eigenvalue weighted by molar-refractivity contribution is 0.170. The predicted octanol–water partition coefficient (Wildman–Crippen LogP) is 3.27. The third-order valence-corrected chi connectivity index (χ3v) is 7.21. The molecule has 1 spiro atoms. The van der Waals surface area contributed by atoms with Gasteiger partial charge in [-0.05, 0) is 31.0 Å². The summed E-state index contributed by atoms with van der Waals surface area (Å²) in [4.78, 5) is 11.8. The summed E-state index contributed by atoms with van der Waals surface area (Å²) in [5, 5.41) is 5.05. The molecule has 30 heavy (non-hydrogen) atoms. The third-order valence-electron chi connectivity index (χ3n) is 6.24. The molecule has 4 heterocycles. The Morgan fingerprint density at radius 3 is 2.70 bits per heavy atom. The molecule has 0 amide bonds. The maximum atomic E-state index is 14.2. The Morgan fingerprint density at radius 2 is 2.03 bits per heavy atom. The monoisotopic (exact) mass is 426 g/mol.